The minimum Gasteiger partial charge on any atom is -0.497 e. The molecule has 0 bridgehead atoms. The number of rotatable bonds is 6. The molecule has 0 spiro atoms. The van der Waals surface area contributed by atoms with Gasteiger partial charge in [0.25, 0.3) is 0 Å². The van der Waals surface area contributed by atoms with Gasteiger partial charge >= 0.3 is 0 Å². The monoisotopic (exact) mass is 447 g/mol. The van der Waals surface area contributed by atoms with Gasteiger partial charge in [0.15, 0.2) is 5.82 Å². The molecule has 1 aromatic carbocycles. The molecule has 3 heterocycles. The fraction of sp³-hybridized carbons (Fsp3) is 0.571. The molecule has 31 heavy (non-hydrogen) atoms. The van der Waals surface area contributed by atoms with Gasteiger partial charge in [0.1, 0.15) is 11.6 Å². The first kappa shape index (κ1) is 21.8. The molecule has 1 amide bonds. The second-order valence-electron chi connectivity index (χ2n) is 8.06. The number of piperidine rings is 1. The number of hydrogen-bond donors (Lipinski definition) is 0. The number of methoxy groups -OCH3 is 1. The van der Waals surface area contributed by atoms with Gasteiger partial charge < -0.3 is 14.2 Å². The van der Waals surface area contributed by atoms with E-state index in [0.717, 1.165) is 35.8 Å². The standard InChI is InChI=1S/C21H29N5O4S/c1-3-31(28,29)25-10-4-5-17(14-25)21-23-22-19-15-24(11-12-26(19)21)20(27)13-16-6-8-18(30-2)9-7-16/h6-9,17H,3-5,10-15H2,1-2H3. The van der Waals surface area contributed by atoms with Crippen LogP contribution in [0.1, 0.15) is 42.9 Å². The van der Waals surface area contributed by atoms with Crippen molar-refractivity contribution in [3.05, 3.63) is 41.5 Å². The average Bonchev–Trinajstić information content (AvgIpc) is 3.23. The van der Waals surface area contributed by atoms with Crippen LogP contribution in [0.2, 0.25) is 0 Å². The highest BCUT2D eigenvalue weighted by Gasteiger charge is 2.33. The Bertz CT molecular complexity index is 1030. The zero-order valence-electron chi connectivity index (χ0n) is 18.0. The lowest BCUT2D eigenvalue weighted by molar-refractivity contribution is -0.132. The van der Waals surface area contributed by atoms with Crippen LogP contribution in [0.3, 0.4) is 0 Å². The van der Waals surface area contributed by atoms with Gasteiger partial charge in [-0.05, 0) is 37.5 Å². The van der Waals surface area contributed by atoms with Crippen molar-refractivity contribution in [2.24, 2.45) is 0 Å². The second kappa shape index (κ2) is 8.96. The number of sulfonamides is 1. The largest absolute Gasteiger partial charge is 0.497 e. The fourth-order valence-corrected chi connectivity index (χ4v) is 5.49. The summed E-state index contributed by atoms with van der Waals surface area (Å²) in [6.45, 7) is 4.34. The van der Waals surface area contributed by atoms with E-state index in [0.29, 0.717) is 39.1 Å². The Morgan fingerprint density at radius 2 is 1.94 bits per heavy atom. The molecular formula is C21H29N5O4S. The van der Waals surface area contributed by atoms with E-state index in [1.54, 1.807) is 18.3 Å². The van der Waals surface area contributed by atoms with Gasteiger partial charge in [-0.15, -0.1) is 10.2 Å². The Balaban J connectivity index is 1.42. The van der Waals surface area contributed by atoms with Crippen LogP contribution >= 0.6 is 0 Å². The van der Waals surface area contributed by atoms with Crippen LogP contribution in [0.4, 0.5) is 0 Å². The van der Waals surface area contributed by atoms with Gasteiger partial charge in [0, 0.05) is 32.1 Å². The molecular weight excluding hydrogens is 418 g/mol. The van der Waals surface area contributed by atoms with Crippen molar-refractivity contribution in [1.29, 1.82) is 0 Å². The van der Waals surface area contributed by atoms with Gasteiger partial charge in [-0.3, -0.25) is 4.79 Å². The Morgan fingerprint density at radius 1 is 1.16 bits per heavy atom. The van der Waals surface area contributed by atoms with Crippen LogP contribution in [0.25, 0.3) is 0 Å². The van der Waals surface area contributed by atoms with E-state index in [1.807, 2.05) is 29.2 Å². The van der Waals surface area contributed by atoms with Gasteiger partial charge in [-0.1, -0.05) is 12.1 Å². The molecule has 9 nitrogen and oxygen atoms in total. The number of fused-ring (bicyclic) bond motifs is 1. The minimum atomic E-state index is -3.21. The van der Waals surface area contributed by atoms with Crippen LogP contribution in [0, 0.1) is 0 Å². The maximum absolute atomic E-state index is 12.8. The molecule has 0 radical (unpaired) electrons. The van der Waals surface area contributed by atoms with Crippen molar-refractivity contribution < 1.29 is 17.9 Å². The number of ether oxygens (including phenoxy) is 1. The third-order valence-corrected chi connectivity index (χ3v) is 8.00. The number of carbonyl (C=O) groups excluding carboxylic acids is 1. The SMILES string of the molecule is CCS(=O)(=O)N1CCCC(c2nnc3n2CCN(C(=O)Cc2ccc(OC)cc2)C3)C1. The van der Waals surface area contributed by atoms with Crippen molar-refractivity contribution >= 4 is 15.9 Å². The Morgan fingerprint density at radius 3 is 2.65 bits per heavy atom. The maximum atomic E-state index is 12.8. The Kier molecular flexibility index (Phi) is 6.29. The number of hydrogen-bond acceptors (Lipinski definition) is 6. The molecule has 1 aromatic heterocycles. The summed E-state index contributed by atoms with van der Waals surface area (Å²) in [5.41, 5.74) is 0.943. The molecule has 0 saturated carbocycles. The molecule has 2 aromatic rings. The van der Waals surface area contributed by atoms with Crippen LogP contribution in [0.5, 0.6) is 5.75 Å². The highest BCUT2D eigenvalue weighted by Crippen LogP contribution is 2.29. The molecule has 1 saturated heterocycles. The molecule has 10 heteroatoms. The number of carbonyl (C=O) groups is 1. The molecule has 0 aliphatic carbocycles. The van der Waals surface area contributed by atoms with E-state index in [1.165, 1.54) is 0 Å². The first-order valence-electron chi connectivity index (χ1n) is 10.7. The summed E-state index contributed by atoms with van der Waals surface area (Å²) in [5.74, 6) is 2.58. The Hall–Kier alpha value is -2.46. The first-order chi connectivity index (χ1) is 14.9. The van der Waals surface area contributed by atoms with E-state index >= 15 is 0 Å². The number of nitrogens with zero attached hydrogens (tertiary/aromatic N) is 5. The predicted molar refractivity (Wildman–Crippen MR) is 115 cm³/mol. The van der Waals surface area contributed by atoms with Gasteiger partial charge in [-0.2, -0.15) is 0 Å². The topological polar surface area (TPSA) is 97.6 Å². The van der Waals surface area contributed by atoms with Crippen LogP contribution in [0.15, 0.2) is 24.3 Å². The third-order valence-electron chi connectivity index (χ3n) is 6.16. The van der Waals surface area contributed by atoms with Crippen LogP contribution in [-0.4, -0.2) is 70.8 Å². The van der Waals surface area contributed by atoms with Crippen molar-refractivity contribution in [2.75, 3.05) is 32.5 Å². The molecule has 1 unspecified atom stereocenters. The van der Waals surface area contributed by atoms with Gasteiger partial charge in [0.2, 0.25) is 15.9 Å². The lowest BCUT2D eigenvalue weighted by Crippen LogP contribution is -2.42. The van der Waals surface area contributed by atoms with Gasteiger partial charge in [-0.25, -0.2) is 12.7 Å². The van der Waals surface area contributed by atoms with Crippen LogP contribution in [-0.2, 0) is 34.3 Å². The number of amides is 1. The summed E-state index contributed by atoms with van der Waals surface area (Å²) in [4.78, 5) is 14.6. The van der Waals surface area contributed by atoms with Crippen molar-refractivity contribution in [2.45, 2.75) is 45.2 Å². The zero-order chi connectivity index (χ0) is 22.0. The highest BCUT2D eigenvalue weighted by atomic mass is 32.2. The summed E-state index contributed by atoms with van der Waals surface area (Å²) >= 11 is 0. The average molecular weight is 448 g/mol. The fourth-order valence-electron chi connectivity index (χ4n) is 4.31. The van der Waals surface area contributed by atoms with E-state index in [9.17, 15) is 13.2 Å². The first-order valence-corrected chi connectivity index (χ1v) is 12.3. The normalized spacial score (nSPS) is 19.8. The highest BCUT2D eigenvalue weighted by molar-refractivity contribution is 7.89. The van der Waals surface area contributed by atoms with Crippen molar-refractivity contribution in [3.8, 4) is 5.75 Å². The molecule has 1 atom stereocenters. The van der Waals surface area contributed by atoms with Crippen LogP contribution < -0.4 is 4.74 Å². The number of aromatic nitrogens is 3. The summed E-state index contributed by atoms with van der Waals surface area (Å²) in [7, 11) is -1.59. The lowest BCUT2D eigenvalue weighted by Gasteiger charge is -2.33. The third kappa shape index (κ3) is 4.59. The van der Waals surface area contributed by atoms with Crippen molar-refractivity contribution in [3.63, 3.8) is 0 Å². The van der Waals surface area contributed by atoms with Gasteiger partial charge in [0.05, 0.1) is 25.8 Å². The predicted octanol–water partition coefficient (Wildman–Crippen LogP) is 1.40. The van der Waals surface area contributed by atoms with E-state index in [2.05, 4.69) is 14.8 Å². The molecule has 2 aliphatic heterocycles. The number of benzene rings is 1. The lowest BCUT2D eigenvalue weighted by atomic mass is 9.98. The van der Waals surface area contributed by atoms with E-state index < -0.39 is 10.0 Å². The zero-order valence-corrected chi connectivity index (χ0v) is 18.8. The minimum absolute atomic E-state index is 0.0397. The van der Waals surface area contributed by atoms with E-state index in [-0.39, 0.29) is 17.6 Å². The summed E-state index contributed by atoms with van der Waals surface area (Å²) < 4.78 is 33.4. The molecule has 168 valence electrons. The molecule has 1 fully saturated rings. The second-order valence-corrected chi connectivity index (χ2v) is 10.3. The molecule has 4 rings (SSSR count). The summed E-state index contributed by atoms with van der Waals surface area (Å²) in [6.07, 6.45) is 2.05. The molecule has 2 aliphatic rings. The maximum Gasteiger partial charge on any atom is 0.227 e. The smallest absolute Gasteiger partial charge is 0.227 e. The quantitative estimate of drug-likeness (QED) is 0.664. The Labute approximate surface area is 183 Å². The van der Waals surface area contributed by atoms with Crippen molar-refractivity contribution in [1.82, 2.24) is 24.0 Å². The van der Waals surface area contributed by atoms with E-state index in [4.69, 9.17) is 4.74 Å². The molecule has 0 N–H and O–H groups in total. The summed E-state index contributed by atoms with van der Waals surface area (Å²) in [6, 6.07) is 7.52. The summed E-state index contributed by atoms with van der Waals surface area (Å²) in [5, 5.41) is 8.74.